The molecule has 0 aliphatic carbocycles. The number of nitrogens with one attached hydrogen (secondary N) is 1. The van der Waals surface area contributed by atoms with Gasteiger partial charge in [-0.05, 0) is 12.1 Å². The summed E-state index contributed by atoms with van der Waals surface area (Å²) in [4.78, 5) is 23.9. The molecule has 0 fully saturated rings. The summed E-state index contributed by atoms with van der Waals surface area (Å²) in [5, 5.41) is 20.5. The number of carboxylic acid groups (broad SMARTS) is 1. The zero-order valence-electron chi connectivity index (χ0n) is 16.6. The van der Waals surface area contributed by atoms with E-state index in [-0.39, 0.29) is 30.5 Å². The number of rotatable bonds is 7. The van der Waals surface area contributed by atoms with Gasteiger partial charge in [0, 0.05) is 12.5 Å². The topological polar surface area (TPSA) is 167 Å². The molecule has 13 heteroatoms. The molecule has 0 bridgehead atoms. The Kier molecular flexibility index (Phi) is 6.20. The van der Waals surface area contributed by atoms with Crippen LogP contribution in [0.5, 0.6) is 5.75 Å². The lowest BCUT2D eigenvalue weighted by molar-refractivity contribution is 0.0696. The lowest BCUT2D eigenvalue weighted by Crippen LogP contribution is -2.10. The van der Waals surface area contributed by atoms with E-state index in [9.17, 15) is 9.90 Å². The average Bonchev–Trinajstić information content (AvgIpc) is 3.32. The van der Waals surface area contributed by atoms with E-state index in [1.807, 2.05) is 0 Å². The Morgan fingerprint density at radius 3 is 2.81 bits per heavy atom. The number of benzene rings is 1. The van der Waals surface area contributed by atoms with Gasteiger partial charge in [0.15, 0.2) is 11.6 Å². The Morgan fingerprint density at radius 1 is 1.32 bits per heavy atom. The van der Waals surface area contributed by atoms with Crippen LogP contribution in [0, 0.1) is 6.92 Å². The molecule has 0 atom stereocenters. The molecule has 0 spiro atoms. The van der Waals surface area contributed by atoms with Crippen molar-refractivity contribution in [1.82, 2.24) is 29.9 Å². The molecule has 0 amide bonds. The van der Waals surface area contributed by atoms with Gasteiger partial charge in [0.05, 0.1) is 32.0 Å². The Labute approximate surface area is 181 Å². The zero-order valence-corrected chi connectivity index (χ0v) is 17.4. The largest absolute Gasteiger partial charge is 0.496 e. The Hall–Kier alpha value is -3.93. The highest BCUT2D eigenvalue weighted by molar-refractivity contribution is 5.88. The standard InChI is InChI=1S/C18H18N8O4.ClH/c1-9-22-14(25-30-9)7-20-16-15-12(23-18(19)24-16)6-21-26(15)8-11-4-3-10(17(27)28)5-13(11)29-2;/h3-6H,7-8H2,1-2H3,(H,27,28)(H3,19,20,23,24);1H. The first kappa shape index (κ1) is 21.8. The number of nitrogens with two attached hydrogens (primary N) is 1. The van der Waals surface area contributed by atoms with Gasteiger partial charge in [0.1, 0.15) is 16.8 Å². The Morgan fingerprint density at radius 2 is 2.13 bits per heavy atom. The van der Waals surface area contributed by atoms with Crippen LogP contribution in [-0.2, 0) is 13.1 Å². The number of fused-ring (bicyclic) bond motifs is 1. The molecule has 31 heavy (non-hydrogen) atoms. The number of methoxy groups -OCH3 is 1. The van der Waals surface area contributed by atoms with Crippen LogP contribution in [0.25, 0.3) is 11.0 Å². The number of hydrogen-bond donors (Lipinski definition) is 3. The summed E-state index contributed by atoms with van der Waals surface area (Å²) in [5.41, 5.74) is 7.87. The van der Waals surface area contributed by atoms with Crippen LogP contribution in [0.4, 0.5) is 11.8 Å². The molecule has 12 nitrogen and oxygen atoms in total. The first-order valence-electron chi connectivity index (χ1n) is 8.87. The molecule has 4 N–H and O–H groups in total. The summed E-state index contributed by atoms with van der Waals surface area (Å²) in [6.07, 6.45) is 1.58. The number of aromatic carboxylic acids is 1. The highest BCUT2D eigenvalue weighted by atomic mass is 35.5. The molecule has 1 aromatic carbocycles. The molecule has 4 aromatic rings. The van der Waals surface area contributed by atoms with Crippen LogP contribution in [0.1, 0.15) is 27.6 Å². The van der Waals surface area contributed by atoms with E-state index >= 15 is 0 Å². The van der Waals surface area contributed by atoms with Crippen molar-refractivity contribution in [2.45, 2.75) is 20.0 Å². The van der Waals surface area contributed by atoms with E-state index in [2.05, 4.69) is 30.5 Å². The fourth-order valence-corrected chi connectivity index (χ4v) is 3.01. The van der Waals surface area contributed by atoms with Gasteiger partial charge < -0.3 is 25.4 Å². The van der Waals surface area contributed by atoms with Crippen molar-refractivity contribution in [3.63, 3.8) is 0 Å². The minimum Gasteiger partial charge on any atom is -0.496 e. The van der Waals surface area contributed by atoms with Gasteiger partial charge in [0.25, 0.3) is 0 Å². The van der Waals surface area contributed by atoms with E-state index in [0.717, 1.165) is 5.56 Å². The normalized spacial score (nSPS) is 10.6. The third kappa shape index (κ3) is 4.48. The highest BCUT2D eigenvalue weighted by Gasteiger charge is 2.16. The summed E-state index contributed by atoms with van der Waals surface area (Å²) in [6, 6.07) is 4.66. The van der Waals surface area contributed by atoms with Gasteiger partial charge in [-0.3, -0.25) is 4.68 Å². The quantitative estimate of drug-likeness (QED) is 0.379. The molecule has 0 aliphatic heterocycles. The Bertz CT molecular complexity index is 1240. The number of nitrogen functional groups attached to an aromatic ring is 1. The van der Waals surface area contributed by atoms with E-state index in [0.29, 0.717) is 40.9 Å². The molecule has 0 radical (unpaired) electrons. The van der Waals surface area contributed by atoms with Crippen LogP contribution < -0.4 is 15.8 Å². The summed E-state index contributed by atoms with van der Waals surface area (Å²) >= 11 is 0. The molecule has 162 valence electrons. The van der Waals surface area contributed by atoms with Crippen LogP contribution in [0.3, 0.4) is 0 Å². The fraction of sp³-hybridized carbons (Fsp3) is 0.222. The van der Waals surface area contributed by atoms with Crippen LogP contribution in [0.2, 0.25) is 0 Å². The SMILES string of the molecule is COc1cc(C(=O)O)ccc1Cn1ncc2nc(N)nc(NCc3noc(C)n3)c21.Cl. The zero-order chi connectivity index (χ0) is 21.3. The molecular weight excluding hydrogens is 428 g/mol. The number of nitrogens with zero attached hydrogens (tertiary/aromatic N) is 6. The summed E-state index contributed by atoms with van der Waals surface area (Å²) in [6.45, 7) is 2.27. The van der Waals surface area contributed by atoms with Crippen molar-refractivity contribution in [2.24, 2.45) is 0 Å². The smallest absolute Gasteiger partial charge is 0.335 e. The second-order valence-corrected chi connectivity index (χ2v) is 6.38. The lowest BCUT2D eigenvalue weighted by Gasteiger charge is -2.12. The molecule has 0 saturated heterocycles. The maximum absolute atomic E-state index is 11.2. The van der Waals surface area contributed by atoms with Crippen molar-refractivity contribution in [3.05, 3.63) is 47.2 Å². The van der Waals surface area contributed by atoms with Crippen LogP contribution >= 0.6 is 12.4 Å². The molecule has 4 rings (SSSR count). The van der Waals surface area contributed by atoms with E-state index in [1.165, 1.54) is 19.2 Å². The van der Waals surface area contributed by atoms with Crippen molar-refractivity contribution in [1.29, 1.82) is 0 Å². The summed E-state index contributed by atoms with van der Waals surface area (Å²) in [5.74, 6) is 0.884. The van der Waals surface area contributed by atoms with Gasteiger partial charge in [-0.2, -0.15) is 15.1 Å². The van der Waals surface area contributed by atoms with Gasteiger partial charge in [-0.1, -0.05) is 11.2 Å². The van der Waals surface area contributed by atoms with Gasteiger partial charge in [-0.25, -0.2) is 9.78 Å². The maximum Gasteiger partial charge on any atom is 0.335 e. The van der Waals surface area contributed by atoms with Crippen molar-refractivity contribution in [3.8, 4) is 5.75 Å². The fourth-order valence-electron chi connectivity index (χ4n) is 3.01. The summed E-state index contributed by atoms with van der Waals surface area (Å²) < 4.78 is 12.0. The van der Waals surface area contributed by atoms with Crippen LogP contribution in [-0.4, -0.2) is 48.1 Å². The maximum atomic E-state index is 11.2. The molecule has 0 aliphatic rings. The number of anilines is 2. The molecule has 0 saturated carbocycles. The van der Waals surface area contributed by atoms with E-state index in [4.69, 9.17) is 15.0 Å². The molecule has 3 aromatic heterocycles. The van der Waals surface area contributed by atoms with E-state index < -0.39 is 5.97 Å². The minimum absolute atomic E-state index is 0. The predicted octanol–water partition coefficient (Wildman–Crippen LogP) is 1.89. The Balaban J connectivity index is 0.00000272. The second-order valence-electron chi connectivity index (χ2n) is 6.38. The third-order valence-electron chi connectivity index (χ3n) is 4.34. The first-order chi connectivity index (χ1) is 14.4. The van der Waals surface area contributed by atoms with Crippen molar-refractivity contribution < 1.29 is 19.2 Å². The first-order valence-corrected chi connectivity index (χ1v) is 8.87. The average molecular weight is 447 g/mol. The number of carboxylic acids is 1. The van der Waals surface area contributed by atoms with Crippen LogP contribution in [0.15, 0.2) is 28.9 Å². The number of aryl methyl sites for hydroxylation is 1. The van der Waals surface area contributed by atoms with Crippen molar-refractivity contribution >= 4 is 41.2 Å². The third-order valence-corrected chi connectivity index (χ3v) is 4.34. The van der Waals surface area contributed by atoms with E-state index in [1.54, 1.807) is 23.9 Å². The second kappa shape index (κ2) is 8.83. The number of aromatic nitrogens is 6. The predicted molar refractivity (Wildman–Crippen MR) is 112 cm³/mol. The van der Waals surface area contributed by atoms with Crippen molar-refractivity contribution in [2.75, 3.05) is 18.2 Å². The number of halogens is 1. The molecule has 3 heterocycles. The summed E-state index contributed by atoms with van der Waals surface area (Å²) in [7, 11) is 1.48. The molecular formula is C18H19ClN8O4. The lowest BCUT2D eigenvalue weighted by atomic mass is 10.1. The number of ether oxygens (including phenoxy) is 1. The van der Waals surface area contributed by atoms with Gasteiger partial charge in [0.2, 0.25) is 11.8 Å². The highest BCUT2D eigenvalue weighted by Crippen LogP contribution is 2.26. The van der Waals surface area contributed by atoms with Gasteiger partial charge in [-0.15, -0.1) is 12.4 Å². The number of hydrogen-bond acceptors (Lipinski definition) is 10. The minimum atomic E-state index is -1.03. The monoisotopic (exact) mass is 446 g/mol. The molecule has 0 unspecified atom stereocenters. The van der Waals surface area contributed by atoms with Gasteiger partial charge >= 0.3 is 5.97 Å². The number of carbonyl (C=O) groups is 1.